The van der Waals surface area contributed by atoms with Gasteiger partial charge in [-0.3, -0.25) is 0 Å². The maximum absolute atomic E-state index is 5.49. The van der Waals surface area contributed by atoms with Crippen LogP contribution in [-0.2, 0) is 0 Å². The van der Waals surface area contributed by atoms with Crippen LogP contribution in [0, 0.1) is 6.92 Å². The van der Waals surface area contributed by atoms with Crippen LogP contribution in [0.5, 0.6) is 17.2 Å². The van der Waals surface area contributed by atoms with E-state index in [9.17, 15) is 0 Å². The zero-order chi connectivity index (χ0) is 14.3. The second kappa shape index (κ2) is 4.79. The van der Waals surface area contributed by atoms with Crippen molar-refractivity contribution >= 4 is 17.0 Å². The summed E-state index contributed by atoms with van der Waals surface area (Å²) in [4.78, 5) is 8.98. The molecule has 0 saturated heterocycles. The molecule has 20 heavy (non-hydrogen) atoms. The van der Waals surface area contributed by atoms with Gasteiger partial charge in [0, 0.05) is 17.1 Å². The molecule has 0 aliphatic carbocycles. The number of ether oxygens (including phenoxy) is 3. The van der Waals surface area contributed by atoms with E-state index in [1.54, 1.807) is 32.7 Å². The zero-order valence-electron chi connectivity index (χ0n) is 11.7. The van der Waals surface area contributed by atoms with Gasteiger partial charge in [0.1, 0.15) is 10.7 Å². The molecular formula is C14H14N2O3S. The van der Waals surface area contributed by atoms with Crippen molar-refractivity contribution in [1.82, 2.24) is 4.98 Å². The summed E-state index contributed by atoms with van der Waals surface area (Å²) in [5.74, 6) is 1.83. The Morgan fingerprint density at radius 1 is 1.05 bits per heavy atom. The highest BCUT2D eigenvalue weighted by Gasteiger charge is 2.23. The lowest BCUT2D eigenvalue weighted by Gasteiger charge is -2.17. The van der Waals surface area contributed by atoms with Gasteiger partial charge in [-0.15, -0.1) is 11.3 Å². The third kappa shape index (κ3) is 1.76. The van der Waals surface area contributed by atoms with Gasteiger partial charge >= 0.3 is 0 Å². The minimum atomic E-state index is 0.578. The lowest BCUT2D eigenvalue weighted by atomic mass is 10.1. The van der Waals surface area contributed by atoms with E-state index < -0.39 is 0 Å². The Morgan fingerprint density at radius 2 is 1.80 bits per heavy atom. The Labute approximate surface area is 120 Å². The van der Waals surface area contributed by atoms with Crippen molar-refractivity contribution in [1.29, 1.82) is 0 Å². The Balaban J connectivity index is 2.30. The second-order valence-corrected chi connectivity index (χ2v) is 5.15. The van der Waals surface area contributed by atoms with E-state index in [0.29, 0.717) is 17.2 Å². The van der Waals surface area contributed by atoms with Crippen LogP contribution in [0.2, 0.25) is 0 Å². The van der Waals surface area contributed by atoms with Gasteiger partial charge in [-0.1, -0.05) is 0 Å². The van der Waals surface area contributed by atoms with Crippen LogP contribution >= 0.6 is 11.3 Å². The SMILES string of the molecule is COc1cc2c(c(OC)c1OC)=C(c1nc(C)cs1)N=2. The average molecular weight is 290 g/mol. The molecule has 0 fully saturated rings. The van der Waals surface area contributed by atoms with Gasteiger partial charge in [0.25, 0.3) is 0 Å². The number of rotatable bonds is 4. The summed E-state index contributed by atoms with van der Waals surface area (Å²) in [5, 5.41) is 4.66. The van der Waals surface area contributed by atoms with Crippen molar-refractivity contribution in [3.05, 3.63) is 32.7 Å². The number of benzene rings is 1. The first-order chi connectivity index (χ1) is 9.69. The van der Waals surface area contributed by atoms with Crippen molar-refractivity contribution in [3.8, 4) is 17.2 Å². The number of hydrogen-bond acceptors (Lipinski definition) is 6. The van der Waals surface area contributed by atoms with Crippen molar-refractivity contribution in [3.63, 3.8) is 0 Å². The monoisotopic (exact) mass is 290 g/mol. The fourth-order valence-corrected chi connectivity index (χ4v) is 2.99. The topological polar surface area (TPSA) is 52.9 Å². The fraction of sp³-hybridized carbons (Fsp3) is 0.286. The van der Waals surface area contributed by atoms with Crippen LogP contribution in [0.15, 0.2) is 16.4 Å². The molecule has 0 spiro atoms. The van der Waals surface area contributed by atoms with Crippen LogP contribution < -0.4 is 24.8 Å². The molecule has 1 aliphatic rings. The third-order valence-electron chi connectivity index (χ3n) is 3.10. The Hall–Kier alpha value is -2.08. The molecule has 0 unspecified atom stereocenters. The highest BCUT2D eigenvalue weighted by Crippen LogP contribution is 2.34. The number of fused-ring (bicyclic) bond motifs is 1. The molecular weight excluding hydrogens is 276 g/mol. The molecule has 0 radical (unpaired) electrons. The predicted molar refractivity (Wildman–Crippen MR) is 76.2 cm³/mol. The van der Waals surface area contributed by atoms with Crippen molar-refractivity contribution < 1.29 is 14.2 Å². The van der Waals surface area contributed by atoms with Gasteiger partial charge in [-0.05, 0) is 6.92 Å². The summed E-state index contributed by atoms with van der Waals surface area (Å²) in [7, 11) is 4.80. The third-order valence-corrected chi connectivity index (χ3v) is 4.07. The number of thiazole rings is 1. The first kappa shape index (κ1) is 12.9. The first-order valence-electron chi connectivity index (χ1n) is 6.04. The number of aromatic nitrogens is 1. The quantitative estimate of drug-likeness (QED) is 0.851. The van der Waals surface area contributed by atoms with Crippen molar-refractivity contribution in [2.75, 3.05) is 21.3 Å². The van der Waals surface area contributed by atoms with Gasteiger partial charge in [0.2, 0.25) is 5.75 Å². The molecule has 0 atom stereocenters. The summed E-state index contributed by atoms with van der Waals surface area (Å²) < 4.78 is 16.2. The van der Waals surface area contributed by atoms with E-state index in [1.165, 1.54) is 0 Å². The second-order valence-electron chi connectivity index (χ2n) is 4.29. The van der Waals surface area contributed by atoms with Gasteiger partial charge in [0.15, 0.2) is 11.5 Å². The normalized spacial score (nSPS) is 12.3. The minimum Gasteiger partial charge on any atom is -0.493 e. The molecule has 1 aliphatic heterocycles. The molecule has 104 valence electrons. The molecule has 3 rings (SSSR count). The van der Waals surface area contributed by atoms with Crippen LogP contribution in [0.4, 0.5) is 0 Å². The van der Waals surface area contributed by atoms with Gasteiger partial charge in [0.05, 0.1) is 31.9 Å². The summed E-state index contributed by atoms with van der Waals surface area (Å²) in [6.07, 6.45) is 0. The molecule has 6 heteroatoms. The maximum atomic E-state index is 5.49. The molecule has 0 bridgehead atoms. The maximum Gasteiger partial charge on any atom is 0.204 e. The molecule has 2 aromatic rings. The van der Waals surface area contributed by atoms with E-state index in [-0.39, 0.29) is 0 Å². The van der Waals surface area contributed by atoms with Crippen molar-refractivity contribution in [2.24, 2.45) is 4.99 Å². The molecule has 1 aromatic carbocycles. The van der Waals surface area contributed by atoms with Crippen LogP contribution in [0.25, 0.3) is 5.70 Å². The predicted octanol–water partition coefficient (Wildman–Crippen LogP) is 1.27. The lowest BCUT2D eigenvalue weighted by Crippen LogP contribution is -2.37. The van der Waals surface area contributed by atoms with Crippen LogP contribution in [0.3, 0.4) is 0 Å². The minimum absolute atomic E-state index is 0.578. The number of hydrogen-bond donors (Lipinski definition) is 0. The number of methoxy groups -OCH3 is 3. The number of aryl methyl sites for hydroxylation is 1. The number of nitrogens with zero attached hydrogens (tertiary/aromatic N) is 2. The summed E-state index contributed by atoms with van der Waals surface area (Å²) in [5.41, 5.74) is 1.83. The first-order valence-corrected chi connectivity index (χ1v) is 6.92. The zero-order valence-corrected chi connectivity index (χ0v) is 12.5. The van der Waals surface area contributed by atoms with E-state index in [2.05, 4.69) is 9.98 Å². The van der Waals surface area contributed by atoms with Crippen LogP contribution in [0.1, 0.15) is 10.7 Å². The van der Waals surface area contributed by atoms with Gasteiger partial charge in [-0.25, -0.2) is 9.98 Å². The van der Waals surface area contributed by atoms with E-state index >= 15 is 0 Å². The molecule has 1 aromatic heterocycles. The molecule has 0 amide bonds. The summed E-state index contributed by atoms with van der Waals surface area (Å²) in [6.45, 7) is 1.96. The van der Waals surface area contributed by atoms with Gasteiger partial charge in [-0.2, -0.15) is 0 Å². The summed E-state index contributed by atoms with van der Waals surface area (Å²) in [6, 6.07) is 1.85. The lowest BCUT2D eigenvalue weighted by molar-refractivity contribution is 0.321. The van der Waals surface area contributed by atoms with E-state index in [1.807, 2.05) is 18.4 Å². The standard InChI is InChI=1S/C14H14N2O3S/c1-7-6-20-14(15-7)11-10-8(16-11)5-9(17-2)12(18-3)13(10)19-4/h5-6H,1-4H3. The summed E-state index contributed by atoms with van der Waals surface area (Å²) >= 11 is 1.57. The Morgan fingerprint density at radius 3 is 2.35 bits per heavy atom. The van der Waals surface area contributed by atoms with E-state index in [4.69, 9.17) is 14.2 Å². The highest BCUT2D eigenvalue weighted by atomic mass is 32.1. The van der Waals surface area contributed by atoms with Crippen LogP contribution in [-0.4, -0.2) is 26.3 Å². The fourth-order valence-electron chi connectivity index (χ4n) is 2.20. The molecule has 5 nitrogen and oxygen atoms in total. The highest BCUT2D eigenvalue weighted by molar-refractivity contribution is 7.10. The Bertz CT molecular complexity index is 795. The molecule has 0 N–H and O–H groups in total. The van der Waals surface area contributed by atoms with Crippen molar-refractivity contribution in [2.45, 2.75) is 6.92 Å². The average Bonchev–Trinajstić information content (AvgIpc) is 2.85. The van der Waals surface area contributed by atoms with Gasteiger partial charge < -0.3 is 14.2 Å². The molecule has 0 saturated carbocycles. The molecule has 2 heterocycles. The van der Waals surface area contributed by atoms with E-state index in [0.717, 1.165) is 27.0 Å². The smallest absolute Gasteiger partial charge is 0.204 e. The largest absolute Gasteiger partial charge is 0.493 e. The Kier molecular flexibility index (Phi) is 3.10.